The number of thiazole rings is 1. The summed E-state index contributed by atoms with van der Waals surface area (Å²) in [6.07, 6.45) is 0. The molecule has 140 valence electrons. The number of nitrogens with zero attached hydrogens (tertiary/aromatic N) is 3. The van der Waals surface area contributed by atoms with Gasteiger partial charge in [0.15, 0.2) is 11.5 Å². The molecule has 1 aliphatic heterocycles. The fourth-order valence-corrected chi connectivity index (χ4v) is 4.36. The first-order chi connectivity index (χ1) is 13.7. The lowest BCUT2D eigenvalue weighted by atomic mass is 10.2. The monoisotopic (exact) mass is 429 g/mol. The van der Waals surface area contributed by atoms with Gasteiger partial charge in [0.25, 0.3) is 5.22 Å². The van der Waals surface area contributed by atoms with Gasteiger partial charge in [-0.1, -0.05) is 35.5 Å². The van der Waals surface area contributed by atoms with Crippen LogP contribution in [0, 0.1) is 0 Å². The molecule has 0 saturated carbocycles. The molecule has 0 unspecified atom stereocenters. The Morgan fingerprint density at radius 1 is 1.00 bits per heavy atom. The Kier molecular flexibility index (Phi) is 4.67. The fraction of sp³-hybridized carbons (Fsp3) is 0.105. The number of ether oxygens (including phenoxy) is 2. The third kappa shape index (κ3) is 3.58. The Labute approximate surface area is 173 Å². The molecular weight excluding hydrogens is 418 g/mol. The van der Waals surface area contributed by atoms with E-state index in [1.54, 1.807) is 11.3 Å². The van der Waals surface area contributed by atoms with E-state index in [0.717, 1.165) is 27.6 Å². The average molecular weight is 430 g/mol. The van der Waals surface area contributed by atoms with Crippen molar-refractivity contribution < 1.29 is 13.9 Å². The minimum absolute atomic E-state index is 0.232. The number of benzene rings is 2. The van der Waals surface area contributed by atoms with Crippen LogP contribution in [-0.4, -0.2) is 22.0 Å². The van der Waals surface area contributed by atoms with Crippen molar-refractivity contribution in [3.8, 4) is 33.5 Å². The molecule has 0 spiro atoms. The first-order valence-electron chi connectivity index (χ1n) is 8.31. The molecule has 3 heterocycles. The molecular formula is C19H12ClN3O3S2. The first kappa shape index (κ1) is 17.5. The molecule has 5 rings (SSSR count). The summed E-state index contributed by atoms with van der Waals surface area (Å²) in [5, 5.41) is 12.4. The standard InChI is InChI=1S/C19H12ClN3O3S2/c20-13-4-1-11(2-5-13)18-21-14(8-27-18)9-28-19-23-22-17(26-19)12-3-6-15-16(7-12)25-10-24-15/h1-8H,9-10H2. The zero-order chi connectivity index (χ0) is 18.9. The van der Waals surface area contributed by atoms with Gasteiger partial charge in [0, 0.05) is 27.3 Å². The highest BCUT2D eigenvalue weighted by Crippen LogP contribution is 2.36. The molecule has 0 fully saturated rings. The highest BCUT2D eigenvalue weighted by molar-refractivity contribution is 7.98. The largest absolute Gasteiger partial charge is 0.454 e. The van der Waals surface area contributed by atoms with E-state index in [4.69, 9.17) is 25.5 Å². The Hall–Kier alpha value is -2.55. The number of rotatable bonds is 5. The fourth-order valence-electron chi connectivity index (χ4n) is 2.65. The van der Waals surface area contributed by atoms with Crippen LogP contribution in [0.25, 0.3) is 22.0 Å². The zero-order valence-electron chi connectivity index (χ0n) is 14.3. The summed E-state index contributed by atoms with van der Waals surface area (Å²) >= 11 is 8.99. The first-order valence-corrected chi connectivity index (χ1v) is 10.6. The summed E-state index contributed by atoms with van der Waals surface area (Å²) in [6.45, 7) is 0.232. The zero-order valence-corrected chi connectivity index (χ0v) is 16.7. The normalized spacial score (nSPS) is 12.5. The molecule has 6 nitrogen and oxygen atoms in total. The molecule has 0 aliphatic carbocycles. The summed E-state index contributed by atoms with van der Waals surface area (Å²) in [4.78, 5) is 4.66. The molecule has 0 radical (unpaired) electrons. The highest BCUT2D eigenvalue weighted by Gasteiger charge is 2.17. The quantitative estimate of drug-likeness (QED) is 0.386. The third-order valence-corrected chi connectivity index (χ3v) is 6.06. The lowest BCUT2D eigenvalue weighted by molar-refractivity contribution is 0.174. The predicted molar refractivity (Wildman–Crippen MR) is 108 cm³/mol. The van der Waals surface area contributed by atoms with Gasteiger partial charge in [0.05, 0.1) is 5.69 Å². The van der Waals surface area contributed by atoms with Crippen LogP contribution in [-0.2, 0) is 5.75 Å². The third-order valence-electron chi connectivity index (χ3n) is 4.01. The molecule has 9 heteroatoms. The topological polar surface area (TPSA) is 70.3 Å². The van der Waals surface area contributed by atoms with E-state index in [0.29, 0.717) is 27.6 Å². The van der Waals surface area contributed by atoms with Crippen molar-refractivity contribution in [2.24, 2.45) is 0 Å². The van der Waals surface area contributed by atoms with E-state index in [1.165, 1.54) is 11.8 Å². The molecule has 1 aliphatic rings. The van der Waals surface area contributed by atoms with Crippen LogP contribution in [0.3, 0.4) is 0 Å². The Morgan fingerprint density at radius 3 is 2.71 bits per heavy atom. The minimum atomic E-state index is 0.232. The molecule has 0 bridgehead atoms. The summed E-state index contributed by atoms with van der Waals surface area (Å²) in [7, 11) is 0. The maximum atomic E-state index is 5.94. The van der Waals surface area contributed by atoms with Crippen LogP contribution >= 0.6 is 34.7 Å². The van der Waals surface area contributed by atoms with E-state index < -0.39 is 0 Å². The van der Waals surface area contributed by atoms with Crippen molar-refractivity contribution in [3.05, 3.63) is 58.6 Å². The van der Waals surface area contributed by atoms with Gasteiger partial charge in [-0.2, -0.15) is 0 Å². The summed E-state index contributed by atoms with van der Waals surface area (Å²) in [5.74, 6) is 2.49. The number of fused-ring (bicyclic) bond motifs is 1. The van der Waals surface area contributed by atoms with Crippen molar-refractivity contribution in [1.82, 2.24) is 15.2 Å². The van der Waals surface area contributed by atoms with Crippen LogP contribution in [0.15, 0.2) is 57.5 Å². The molecule has 0 N–H and O–H groups in total. The highest BCUT2D eigenvalue weighted by atomic mass is 35.5. The van der Waals surface area contributed by atoms with Gasteiger partial charge in [-0.05, 0) is 30.3 Å². The second-order valence-electron chi connectivity index (χ2n) is 5.88. The van der Waals surface area contributed by atoms with Crippen molar-refractivity contribution in [2.75, 3.05) is 6.79 Å². The summed E-state index contributed by atoms with van der Waals surface area (Å²) in [6, 6.07) is 13.2. The van der Waals surface area contributed by atoms with Crippen molar-refractivity contribution in [1.29, 1.82) is 0 Å². The van der Waals surface area contributed by atoms with E-state index in [-0.39, 0.29) is 6.79 Å². The number of aromatic nitrogens is 3. The number of hydrogen-bond acceptors (Lipinski definition) is 8. The Morgan fingerprint density at radius 2 is 1.82 bits per heavy atom. The Bertz CT molecular complexity index is 1130. The van der Waals surface area contributed by atoms with Gasteiger partial charge in [-0.25, -0.2) is 4.98 Å². The SMILES string of the molecule is Clc1ccc(-c2nc(CSc3nnc(-c4ccc5c(c4)OCO5)o3)cs2)cc1. The molecule has 28 heavy (non-hydrogen) atoms. The number of thioether (sulfide) groups is 1. The molecule has 0 amide bonds. The van der Waals surface area contributed by atoms with Crippen molar-refractivity contribution in [3.63, 3.8) is 0 Å². The lowest BCUT2D eigenvalue weighted by Gasteiger charge is -1.98. The van der Waals surface area contributed by atoms with Gasteiger partial charge in [-0.15, -0.1) is 21.5 Å². The molecule has 0 saturated heterocycles. The molecule has 4 aromatic rings. The summed E-state index contributed by atoms with van der Waals surface area (Å²) < 4.78 is 16.5. The minimum Gasteiger partial charge on any atom is -0.454 e. The van der Waals surface area contributed by atoms with Gasteiger partial charge >= 0.3 is 0 Å². The number of halogens is 1. The van der Waals surface area contributed by atoms with Gasteiger partial charge < -0.3 is 13.9 Å². The average Bonchev–Trinajstić information content (AvgIpc) is 3.46. The van der Waals surface area contributed by atoms with Crippen LogP contribution in [0.4, 0.5) is 0 Å². The van der Waals surface area contributed by atoms with Crippen LogP contribution < -0.4 is 9.47 Å². The maximum absolute atomic E-state index is 5.94. The molecule has 2 aromatic heterocycles. The van der Waals surface area contributed by atoms with Gasteiger partial charge in [0.1, 0.15) is 5.01 Å². The number of hydrogen-bond donors (Lipinski definition) is 0. The van der Waals surface area contributed by atoms with Crippen LogP contribution in [0.2, 0.25) is 5.02 Å². The predicted octanol–water partition coefficient (Wildman–Crippen LogP) is 5.53. The van der Waals surface area contributed by atoms with Gasteiger partial charge in [-0.3, -0.25) is 0 Å². The van der Waals surface area contributed by atoms with Gasteiger partial charge in [0.2, 0.25) is 12.7 Å². The van der Waals surface area contributed by atoms with E-state index in [2.05, 4.69) is 15.2 Å². The van der Waals surface area contributed by atoms with Crippen LogP contribution in [0.1, 0.15) is 5.69 Å². The maximum Gasteiger partial charge on any atom is 0.277 e. The van der Waals surface area contributed by atoms with Crippen molar-refractivity contribution >= 4 is 34.7 Å². The summed E-state index contributed by atoms with van der Waals surface area (Å²) in [5.41, 5.74) is 2.80. The molecule has 2 aromatic carbocycles. The second-order valence-corrected chi connectivity index (χ2v) is 8.10. The van der Waals surface area contributed by atoms with E-state index in [9.17, 15) is 0 Å². The van der Waals surface area contributed by atoms with Crippen molar-refractivity contribution in [2.45, 2.75) is 11.0 Å². The van der Waals surface area contributed by atoms with Crippen LogP contribution in [0.5, 0.6) is 11.5 Å². The Balaban J connectivity index is 1.26. The molecule has 0 atom stereocenters. The van der Waals surface area contributed by atoms with E-state index in [1.807, 2.05) is 47.8 Å². The van der Waals surface area contributed by atoms with E-state index >= 15 is 0 Å². The smallest absolute Gasteiger partial charge is 0.277 e. The second kappa shape index (κ2) is 7.46. The lowest BCUT2D eigenvalue weighted by Crippen LogP contribution is -1.92.